The van der Waals surface area contributed by atoms with E-state index in [4.69, 9.17) is 20.9 Å². The number of hydrogen-bond acceptors (Lipinski definition) is 5. The van der Waals surface area contributed by atoms with E-state index in [9.17, 15) is 9.59 Å². The van der Waals surface area contributed by atoms with Crippen LogP contribution in [0.15, 0.2) is 0 Å². The lowest BCUT2D eigenvalue weighted by molar-refractivity contribution is -0.159. The van der Waals surface area contributed by atoms with Gasteiger partial charge >= 0.3 is 0 Å². The van der Waals surface area contributed by atoms with Crippen molar-refractivity contribution in [3.05, 3.63) is 0 Å². The van der Waals surface area contributed by atoms with Crippen molar-refractivity contribution < 1.29 is 19.1 Å². The first-order valence-corrected chi connectivity index (χ1v) is 6.57. The zero-order chi connectivity index (χ0) is 13.9. The molecule has 2 rings (SSSR count). The molecule has 1 atom stereocenters. The van der Waals surface area contributed by atoms with Crippen LogP contribution in [0.4, 0.5) is 0 Å². The van der Waals surface area contributed by atoms with Gasteiger partial charge in [0.1, 0.15) is 6.04 Å². The molecule has 0 aromatic carbocycles. The normalized spacial score (nSPS) is 27.0. The van der Waals surface area contributed by atoms with E-state index < -0.39 is 17.4 Å². The first-order valence-electron chi connectivity index (χ1n) is 6.57. The minimum Gasteiger partial charge on any atom is -0.381 e. The maximum absolute atomic E-state index is 12.7. The average Bonchev–Trinajstić information content (AvgIpc) is 2.47. The Morgan fingerprint density at radius 1 is 1.21 bits per heavy atom. The Morgan fingerprint density at radius 2 is 1.89 bits per heavy atom. The number of carbonyl (C=O) groups is 2. The highest BCUT2D eigenvalue weighted by atomic mass is 16.5. The summed E-state index contributed by atoms with van der Waals surface area (Å²) < 4.78 is 10.5. The van der Waals surface area contributed by atoms with Gasteiger partial charge in [-0.15, -0.1) is 0 Å². The molecule has 19 heavy (non-hydrogen) atoms. The zero-order valence-corrected chi connectivity index (χ0v) is 11.0. The second-order valence-electron chi connectivity index (χ2n) is 5.09. The number of ether oxygens (including phenoxy) is 2. The molecule has 0 aliphatic carbocycles. The average molecular weight is 271 g/mol. The molecule has 0 radical (unpaired) electrons. The molecule has 2 aliphatic rings. The Labute approximate surface area is 112 Å². The van der Waals surface area contributed by atoms with Crippen molar-refractivity contribution in [1.29, 1.82) is 0 Å². The molecule has 0 bridgehead atoms. The van der Waals surface area contributed by atoms with Crippen LogP contribution in [0.25, 0.3) is 0 Å². The van der Waals surface area contributed by atoms with Crippen LogP contribution in [0.3, 0.4) is 0 Å². The summed E-state index contributed by atoms with van der Waals surface area (Å²) in [4.78, 5) is 25.7. The Balaban J connectivity index is 2.17. The molecule has 2 saturated heterocycles. The third-order valence-electron chi connectivity index (χ3n) is 4.01. The second-order valence-corrected chi connectivity index (χ2v) is 5.09. The molecule has 7 heteroatoms. The molecule has 0 spiro atoms. The van der Waals surface area contributed by atoms with Crippen LogP contribution in [-0.4, -0.2) is 62.3 Å². The molecular weight excluding hydrogens is 250 g/mol. The van der Waals surface area contributed by atoms with Crippen LogP contribution in [0.2, 0.25) is 0 Å². The molecule has 0 aromatic rings. The molecule has 2 aliphatic heterocycles. The molecular formula is C12H21N3O4. The third kappa shape index (κ3) is 2.72. The Kier molecular flexibility index (Phi) is 4.38. The molecule has 2 fully saturated rings. The van der Waals surface area contributed by atoms with E-state index in [-0.39, 0.29) is 19.1 Å². The fourth-order valence-electron chi connectivity index (χ4n) is 2.65. The van der Waals surface area contributed by atoms with Crippen molar-refractivity contribution in [1.82, 2.24) is 4.90 Å². The van der Waals surface area contributed by atoms with Gasteiger partial charge in [0, 0.05) is 26.3 Å². The van der Waals surface area contributed by atoms with Crippen molar-refractivity contribution in [2.45, 2.75) is 18.9 Å². The number of morpholine rings is 1. The Bertz CT molecular complexity index is 355. The lowest BCUT2D eigenvalue weighted by Crippen LogP contribution is -2.60. The Hall–Kier alpha value is -1.18. The Morgan fingerprint density at radius 3 is 2.47 bits per heavy atom. The number of primary amides is 1. The number of rotatable bonds is 3. The summed E-state index contributed by atoms with van der Waals surface area (Å²) in [6, 6.07) is -0.687. The van der Waals surface area contributed by atoms with Crippen LogP contribution in [0, 0.1) is 5.41 Å². The van der Waals surface area contributed by atoms with Gasteiger partial charge in [0.15, 0.2) is 0 Å². The molecule has 2 amide bonds. The highest BCUT2D eigenvalue weighted by Crippen LogP contribution is 2.32. The predicted octanol–water partition coefficient (Wildman–Crippen LogP) is -1.55. The second kappa shape index (κ2) is 5.85. The summed E-state index contributed by atoms with van der Waals surface area (Å²) in [7, 11) is 0. The van der Waals surface area contributed by atoms with Crippen molar-refractivity contribution in [2.24, 2.45) is 16.9 Å². The molecule has 108 valence electrons. The molecule has 4 N–H and O–H groups in total. The van der Waals surface area contributed by atoms with Gasteiger partial charge in [0.05, 0.1) is 18.6 Å². The number of nitrogens with zero attached hydrogens (tertiary/aromatic N) is 1. The van der Waals surface area contributed by atoms with E-state index in [1.54, 1.807) is 0 Å². The van der Waals surface area contributed by atoms with E-state index in [0.29, 0.717) is 39.2 Å². The highest BCUT2D eigenvalue weighted by Gasteiger charge is 2.44. The standard InChI is InChI=1S/C12H21N3O4/c13-8-12(1-4-18-5-2-12)11(17)15-3-6-19-7-9(15)10(14)16/h9H,1-8,13H2,(H2,14,16). The summed E-state index contributed by atoms with van der Waals surface area (Å²) in [5, 5.41) is 0. The van der Waals surface area contributed by atoms with Gasteiger partial charge in [0.2, 0.25) is 11.8 Å². The van der Waals surface area contributed by atoms with E-state index in [1.807, 2.05) is 0 Å². The van der Waals surface area contributed by atoms with Gasteiger partial charge in [-0.25, -0.2) is 0 Å². The zero-order valence-electron chi connectivity index (χ0n) is 11.0. The first kappa shape index (κ1) is 14.2. The van der Waals surface area contributed by atoms with Crippen LogP contribution < -0.4 is 11.5 Å². The lowest BCUT2D eigenvalue weighted by atomic mass is 9.78. The number of amides is 2. The third-order valence-corrected chi connectivity index (χ3v) is 4.01. The van der Waals surface area contributed by atoms with Gasteiger partial charge in [-0.3, -0.25) is 9.59 Å². The van der Waals surface area contributed by atoms with Crippen LogP contribution >= 0.6 is 0 Å². The summed E-state index contributed by atoms with van der Waals surface area (Å²) in [5.41, 5.74) is 10.5. The van der Waals surface area contributed by atoms with Crippen LogP contribution in [0.1, 0.15) is 12.8 Å². The predicted molar refractivity (Wildman–Crippen MR) is 67.1 cm³/mol. The molecule has 1 unspecified atom stereocenters. The van der Waals surface area contributed by atoms with Crippen molar-refractivity contribution in [3.63, 3.8) is 0 Å². The van der Waals surface area contributed by atoms with E-state index in [2.05, 4.69) is 0 Å². The minimum absolute atomic E-state index is 0.0922. The number of carbonyl (C=O) groups excluding carboxylic acids is 2. The largest absolute Gasteiger partial charge is 0.381 e. The topological polar surface area (TPSA) is 108 Å². The maximum atomic E-state index is 12.7. The van der Waals surface area contributed by atoms with Gasteiger partial charge in [-0.2, -0.15) is 0 Å². The van der Waals surface area contributed by atoms with E-state index >= 15 is 0 Å². The highest BCUT2D eigenvalue weighted by molar-refractivity contribution is 5.90. The van der Waals surface area contributed by atoms with Crippen molar-refractivity contribution in [3.8, 4) is 0 Å². The van der Waals surface area contributed by atoms with Crippen LogP contribution in [0.5, 0.6) is 0 Å². The summed E-state index contributed by atoms with van der Waals surface area (Å²) in [6.45, 7) is 2.28. The summed E-state index contributed by atoms with van der Waals surface area (Å²) in [5.74, 6) is -0.627. The fourth-order valence-corrected chi connectivity index (χ4v) is 2.65. The molecule has 0 saturated carbocycles. The van der Waals surface area contributed by atoms with Gasteiger partial charge in [-0.05, 0) is 12.8 Å². The monoisotopic (exact) mass is 271 g/mol. The SMILES string of the molecule is NCC1(C(=O)N2CCOCC2C(N)=O)CCOCC1. The first-order chi connectivity index (χ1) is 9.10. The van der Waals surface area contributed by atoms with Gasteiger partial charge in [-0.1, -0.05) is 0 Å². The molecule has 2 heterocycles. The van der Waals surface area contributed by atoms with Crippen molar-refractivity contribution in [2.75, 3.05) is 39.5 Å². The van der Waals surface area contributed by atoms with Crippen LogP contribution in [-0.2, 0) is 19.1 Å². The quantitative estimate of drug-likeness (QED) is 0.646. The van der Waals surface area contributed by atoms with E-state index in [1.165, 1.54) is 4.90 Å². The lowest BCUT2D eigenvalue weighted by Gasteiger charge is -2.42. The van der Waals surface area contributed by atoms with E-state index in [0.717, 1.165) is 0 Å². The molecule has 0 aromatic heterocycles. The number of hydrogen-bond donors (Lipinski definition) is 2. The smallest absolute Gasteiger partial charge is 0.242 e. The summed E-state index contributed by atoms with van der Waals surface area (Å²) >= 11 is 0. The van der Waals surface area contributed by atoms with Gasteiger partial charge in [0.25, 0.3) is 0 Å². The van der Waals surface area contributed by atoms with Crippen molar-refractivity contribution >= 4 is 11.8 Å². The number of nitrogens with two attached hydrogens (primary N) is 2. The molecule has 7 nitrogen and oxygen atoms in total. The maximum Gasteiger partial charge on any atom is 0.242 e. The fraction of sp³-hybridized carbons (Fsp3) is 0.833. The van der Waals surface area contributed by atoms with Gasteiger partial charge < -0.3 is 25.8 Å². The summed E-state index contributed by atoms with van der Waals surface area (Å²) in [6.07, 6.45) is 1.18. The minimum atomic E-state index is -0.687.